The molecule has 1 atom stereocenters. The SMILES string of the molecule is CCN1C[C@@H](c2ccccc2)CC2(CCN(C(=O)C(C)(C)N)CC2)C1. The van der Waals surface area contributed by atoms with Gasteiger partial charge >= 0.3 is 0 Å². The fourth-order valence-electron chi connectivity index (χ4n) is 4.65. The molecule has 2 N–H and O–H groups in total. The van der Waals surface area contributed by atoms with Crippen LogP contribution in [0.1, 0.15) is 51.5 Å². The lowest BCUT2D eigenvalue weighted by molar-refractivity contribution is -0.139. The van der Waals surface area contributed by atoms with Gasteiger partial charge in [0.25, 0.3) is 0 Å². The zero-order valence-corrected chi connectivity index (χ0v) is 16.0. The normalized spacial score (nSPS) is 24.5. The average molecular weight is 344 g/mol. The van der Waals surface area contributed by atoms with Gasteiger partial charge in [-0.15, -0.1) is 0 Å². The van der Waals surface area contributed by atoms with E-state index in [0.717, 1.165) is 39.0 Å². The summed E-state index contributed by atoms with van der Waals surface area (Å²) in [4.78, 5) is 17.1. The second-order valence-corrected chi connectivity index (χ2v) is 8.65. The molecule has 0 aromatic heterocycles. The van der Waals surface area contributed by atoms with E-state index in [-0.39, 0.29) is 5.91 Å². The van der Waals surface area contributed by atoms with Crippen molar-refractivity contribution in [1.29, 1.82) is 0 Å². The van der Waals surface area contributed by atoms with E-state index in [2.05, 4.69) is 42.2 Å². The number of nitrogens with two attached hydrogens (primary N) is 1. The summed E-state index contributed by atoms with van der Waals surface area (Å²) < 4.78 is 0. The number of hydrogen-bond acceptors (Lipinski definition) is 3. The minimum absolute atomic E-state index is 0.0881. The number of rotatable bonds is 3. The van der Waals surface area contributed by atoms with Crippen molar-refractivity contribution in [3.8, 4) is 0 Å². The first-order valence-corrected chi connectivity index (χ1v) is 9.68. The molecule has 4 heteroatoms. The van der Waals surface area contributed by atoms with Crippen molar-refractivity contribution < 1.29 is 4.79 Å². The molecule has 0 aliphatic carbocycles. The summed E-state index contributed by atoms with van der Waals surface area (Å²) in [7, 11) is 0. The number of amides is 1. The monoisotopic (exact) mass is 343 g/mol. The third-order valence-corrected chi connectivity index (χ3v) is 6.10. The maximum Gasteiger partial charge on any atom is 0.242 e. The van der Waals surface area contributed by atoms with Crippen molar-refractivity contribution in [2.45, 2.75) is 51.5 Å². The Morgan fingerprint density at radius 2 is 1.88 bits per heavy atom. The van der Waals surface area contributed by atoms with Gasteiger partial charge in [-0.05, 0) is 56.6 Å². The molecule has 0 radical (unpaired) electrons. The zero-order chi connectivity index (χ0) is 18.1. The molecule has 2 saturated heterocycles. The molecule has 1 aromatic carbocycles. The first-order chi connectivity index (χ1) is 11.8. The summed E-state index contributed by atoms with van der Waals surface area (Å²) in [5.74, 6) is 0.688. The van der Waals surface area contributed by atoms with Crippen molar-refractivity contribution in [1.82, 2.24) is 9.80 Å². The molecule has 1 aromatic rings. The number of carbonyl (C=O) groups excluding carboxylic acids is 1. The highest BCUT2D eigenvalue weighted by atomic mass is 16.2. The maximum atomic E-state index is 12.5. The van der Waals surface area contributed by atoms with Gasteiger partial charge in [-0.1, -0.05) is 37.3 Å². The molecule has 4 nitrogen and oxygen atoms in total. The van der Waals surface area contributed by atoms with Crippen LogP contribution in [0, 0.1) is 5.41 Å². The first kappa shape index (κ1) is 18.4. The van der Waals surface area contributed by atoms with Crippen LogP contribution in [0.2, 0.25) is 0 Å². The largest absolute Gasteiger partial charge is 0.341 e. The number of piperidine rings is 2. The first-order valence-electron chi connectivity index (χ1n) is 9.68. The van der Waals surface area contributed by atoms with Crippen LogP contribution in [0.15, 0.2) is 30.3 Å². The molecule has 3 rings (SSSR count). The quantitative estimate of drug-likeness (QED) is 0.918. The van der Waals surface area contributed by atoms with E-state index in [1.165, 1.54) is 18.5 Å². The third kappa shape index (κ3) is 4.06. The highest BCUT2D eigenvalue weighted by molar-refractivity contribution is 5.85. The van der Waals surface area contributed by atoms with Crippen LogP contribution in [0.4, 0.5) is 0 Å². The molecule has 0 saturated carbocycles. The number of nitrogens with zero attached hydrogens (tertiary/aromatic N) is 2. The van der Waals surface area contributed by atoms with Crippen LogP contribution in [0.5, 0.6) is 0 Å². The van der Waals surface area contributed by atoms with Crippen LogP contribution < -0.4 is 5.73 Å². The van der Waals surface area contributed by atoms with Crippen LogP contribution in [-0.4, -0.2) is 54.0 Å². The molecular formula is C21H33N3O. The van der Waals surface area contributed by atoms with Gasteiger partial charge in [-0.3, -0.25) is 4.79 Å². The molecule has 2 fully saturated rings. The third-order valence-electron chi connectivity index (χ3n) is 6.10. The highest BCUT2D eigenvalue weighted by Gasteiger charge is 2.43. The smallest absolute Gasteiger partial charge is 0.242 e. The Bertz CT molecular complexity index is 585. The van der Waals surface area contributed by atoms with E-state index >= 15 is 0 Å². The summed E-state index contributed by atoms with van der Waals surface area (Å²) >= 11 is 0. The van der Waals surface area contributed by atoms with E-state index in [1.807, 2.05) is 18.7 Å². The molecule has 0 bridgehead atoms. The lowest BCUT2D eigenvalue weighted by atomic mass is 9.68. The fraction of sp³-hybridized carbons (Fsp3) is 0.667. The van der Waals surface area contributed by atoms with E-state index in [1.54, 1.807) is 0 Å². The number of likely N-dealkylation sites (N-methyl/N-ethyl adjacent to an activating group) is 1. The van der Waals surface area contributed by atoms with Crippen LogP contribution in [0.3, 0.4) is 0 Å². The standard InChI is InChI=1S/C21H33N3O/c1-4-23-15-18(17-8-6-5-7-9-17)14-21(16-23)10-12-24(13-11-21)19(25)20(2,3)22/h5-9,18H,4,10-16,22H2,1-3H3/t18-/m0/s1. The number of carbonyl (C=O) groups is 1. The van der Waals surface area contributed by atoms with Crippen molar-refractivity contribution in [2.75, 3.05) is 32.7 Å². The van der Waals surface area contributed by atoms with Gasteiger partial charge in [0.2, 0.25) is 5.91 Å². The molecule has 138 valence electrons. The van der Waals surface area contributed by atoms with Crippen molar-refractivity contribution in [3.63, 3.8) is 0 Å². The molecule has 1 amide bonds. The molecular weight excluding hydrogens is 310 g/mol. The molecule has 2 aliphatic rings. The summed E-state index contributed by atoms with van der Waals surface area (Å²) in [6, 6.07) is 10.9. The van der Waals surface area contributed by atoms with E-state index in [9.17, 15) is 4.79 Å². The Hall–Kier alpha value is -1.39. The molecule has 0 unspecified atom stereocenters. The van der Waals surface area contributed by atoms with Gasteiger partial charge in [0, 0.05) is 26.2 Å². The topological polar surface area (TPSA) is 49.6 Å². The number of benzene rings is 1. The van der Waals surface area contributed by atoms with Gasteiger partial charge in [0.15, 0.2) is 0 Å². The minimum atomic E-state index is -0.765. The maximum absolute atomic E-state index is 12.5. The summed E-state index contributed by atoms with van der Waals surface area (Å²) in [5, 5.41) is 0. The summed E-state index contributed by atoms with van der Waals surface area (Å²) in [5.41, 5.74) is 7.05. The summed E-state index contributed by atoms with van der Waals surface area (Å²) in [6.07, 6.45) is 3.42. The Balaban J connectivity index is 1.72. The van der Waals surface area contributed by atoms with Crippen LogP contribution in [-0.2, 0) is 4.79 Å². The zero-order valence-electron chi connectivity index (χ0n) is 16.0. The summed E-state index contributed by atoms with van der Waals surface area (Å²) in [6.45, 7) is 11.0. The molecule has 2 heterocycles. The molecule has 25 heavy (non-hydrogen) atoms. The van der Waals surface area contributed by atoms with Gasteiger partial charge < -0.3 is 15.5 Å². The van der Waals surface area contributed by atoms with Gasteiger partial charge in [0.05, 0.1) is 5.54 Å². The van der Waals surface area contributed by atoms with Gasteiger partial charge in [-0.2, -0.15) is 0 Å². The predicted octanol–water partition coefficient (Wildman–Crippen LogP) is 2.84. The number of likely N-dealkylation sites (tertiary alicyclic amines) is 2. The Morgan fingerprint density at radius 3 is 2.44 bits per heavy atom. The van der Waals surface area contributed by atoms with Crippen LogP contribution in [0.25, 0.3) is 0 Å². The Kier molecular flexibility index (Phi) is 5.21. The second-order valence-electron chi connectivity index (χ2n) is 8.65. The van der Waals surface area contributed by atoms with E-state index in [4.69, 9.17) is 5.73 Å². The van der Waals surface area contributed by atoms with E-state index in [0.29, 0.717) is 11.3 Å². The number of hydrogen-bond donors (Lipinski definition) is 1. The predicted molar refractivity (Wildman–Crippen MR) is 102 cm³/mol. The second kappa shape index (κ2) is 7.08. The van der Waals surface area contributed by atoms with Crippen molar-refractivity contribution in [2.24, 2.45) is 11.1 Å². The fourth-order valence-corrected chi connectivity index (χ4v) is 4.65. The molecule has 1 spiro atoms. The Morgan fingerprint density at radius 1 is 1.24 bits per heavy atom. The average Bonchev–Trinajstić information content (AvgIpc) is 2.61. The van der Waals surface area contributed by atoms with E-state index < -0.39 is 5.54 Å². The van der Waals surface area contributed by atoms with Gasteiger partial charge in [-0.25, -0.2) is 0 Å². The van der Waals surface area contributed by atoms with Crippen LogP contribution >= 0.6 is 0 Å². The van der Waals surface area contributed by atoms with Crippen molar-refractivity contribution in [3.05, 3.63) is 35.9 Å². The lowest BCUT2D eigenvalue weighted by Crippen LogP contribution is -2.57. The van der Waals surface area contributed by atoms with Gasteiger partial charge in [0.1, 0.15) is 0 Å². The molecule has 2 aliphatic heterocycles. The Labute approximate surface area is 152 Å². The lowest BCUT2D eigenvalue weighted by Gasteiger charge is -2.50. The highest BCUT2D eigenvalue weighted by Crippen LogP contribution is 2.45. The minimum Gasteiger partial charge on any atom is -0.341 e. The van der Waals surface area contributed by atoms with Crippen molar-refractivity contribution >= 4 is 5.91 Å².